The molecule has 0 bridgehead atoms. The van der Waals surface area contributed by atoms with E-state index in [4.69, 9.17) is 4.65 Å². The van der Waals surface area contributed by atoms with Gasteiger partial charge in [-0.2, -0.15) is 0 Å². The van der Waals surface area contributed by atoms with E-state index in [1.54, 1.807) is 6.07 Å². The zero-order valence-electron chi connectivity index (χ0n) is 18.6. The molecule has 1 aliphatic heterocycles. The first-order valence-corrected chi connectivity index (χ1v) is 11.9. The van der Waals surface area contributed by atoms with Crippen LogP contribution in [0, 0.1) is 11.8 Å². The normalized spacial score (nSPS) is 23.2. The quantitative estimate of drug-likeness (QED) is 0.362. The highest BCUT2D eigenvalue weighted by atomic mass is 16.5. The molecule has 3 rings (SSSR count). The minimum Gasteiger partial charge on any atom is -0.535 e. The number of para-hydroxylation sites is 1. The minimum atomic E-state index is -1.15. The molecule has 170 valence electrons. The fraction of sp³-hybridized carbons (Fsp3) is 0.667. The molecule has 1 aromatic carbocycles. The van der Waals surface area contributed by atoms with Gasteiger partial charge >= 0.3 is 13.1 Å². The number of carboxylic acid groups (broad SMARTS) is 1. The molecule has 7 heteroatoms. The summed E-state index contributed by atoms with van der Waals surface area (Å²) in [5, 5.41) is 23.3. The van der Waals surface area contributed by atoms with Crippen molar-refractivity contribution in [3.63, 3.8) is 0 Å². The van der Waals surface area contributed by atoms with Crippen LogP contribution in [0.15, 0.2) is 18.2 Å². The predicted molar refractivity (Wildman–Crippen MR) is 122 cm³/mol. The van der Waals surface area contributed by atoms with Crippen molar-refractivity contribution in [3.8, 4) is 5.75 Å². The van der Waals surface area contributed by atoms with Crippen molar-refractivity contribution in [1.82, 2.24) is 5.32 Å². The fourth-order valence-electron chi connectivity index (χ4n) is 5.10. The van der Waals surface area contributed by atoms with Crippen molar-refractivity contribution in [3.05, 3.63) is 29.3 Å². The highest BCUT2D eigenvalue weighted by molar-refractivity contribution is 6.47. The van der Waals surface area contributed by atoms with Gasteiger partial charge in [-0.1, -0.05) is 44.7 Å². The Morgan fingerprint density at radius 2 is 2.00 bits per heavy atom. The molecule has 1 fully saturated rings. The Balaban J connectivity index is 1.47. The van der Waals surface area contributed by atoms with Gasteiger partial charge in [-0.25, -0.2) is 4.79 Å². The van der Waals surface area contributed by atoms with Crippen LogP contribution in [0.4, 0.5) is 0 Å². The maximum atomic E-state index is 12.8. The van der Waals surface area contributed by atoms with Gasteiger partial charge in [0, 0.05) is 18.7 Å². The monoisotopic (exact) mass is 429 g/mol. The van der Waals surface area contributed by atoms with Gasteiger partial charge in [0.1, 0.15) is 11.5 Å². The lowest BCUT2D eigenvalue weighted by molar-refractivity contribution is -0.120. The van der Waals surface area contributed by atoms with Crippen molar-refractivity contribution in [2.24, 2.45) is 11.8 Å². The Labute approximate surface area is 185 Å². The number of rotatable bonds is 11. The summed E-state index contributed by atoms with van der Waals surface area (Å²) in [5.41, 5.74) is 0.799. The second kappa shape index (κ2) is 11.7. The van der Waals surface area contributed by atoms with E-state index in [1.807, 2.05) is 6.07 Å². The summed E-state index contributed by atoms with van der Waals surface area (Å²) >= 11 is 0. The van der Waals surface area contributed by atoms with Gasteiger partial charge in [0.05, 0.1) is 5.56 Å². The zero-order chi connectivity index (χ0) is 22.2. The Kier molecular flexibility index (Phi) is 8.96. The van der Waals surface area contributed by atoms with E-state index < -0.39 is 13.1 Å². The summed E-state index contributed by atoms with van der Waals surface area (Å²) in [4.78, 5) is 24.2. The number of hydrogen-bond acceptors (Lipinski definition) is 5. The number of carbonyl (C=O) groups is 2. The molecular weight excluding hydrogens is 393 g/mol. The largest absolute Gasteiger partial charge is 0.535 e. The van der Waals surface area contributed by atoms with E-state index in [2.05, 4.69) is 12.2 Å². The standard InChI is InChI=1S/C24H36BNO5/c1-2-3-4-11-26-16-18-8-5-7-17(12-18)13-21(27)15-20-14-19-9-6-10-22(24(28)29)23(19)31-25(20)30/h6,9-10,17-18,20,26,30H,2-5,7-8,11-16H2,1H3,(H,28,29)/t17?,18?,20-/m1/s1. The number of nitrogens with one attached hydrogen (secondary N) is 1. The molecule has 3 N–H and O–H groups in total. The molecule has 1 heterocycles. The van der Waals surface area contributed by atoms with Crippen LogP contribution in [-0.4, -0.2) is 42.1 Å². The van der Waals surface area contributed by atoms with Crippen LogP contribution in [-0.2, 0) is 11.2 Å². The molecule has 3 atom stereocenters. The average molecular weight is 429 g/mol. The van der Waals surface area contributed by atoms with Crippen LogP contribution in [0.2, 0.25) is 5.82 Å². The van der Waals surface area contributed by atoms with E-state index in [1.165, 1.54) is 38.2 Å². The van der Waals surface area contributed by atoms with Gasteiger partial charge < -0.3 is 20.1 Å². The molecule has 1 aliphatic carbocycles. The van der Waals surface area contributed by atoms with Crippen LogP contribution in [0.3, 0.4) is 0 Å². The van der Waals surface area contributed by atoms with Crippen LogP contribution in [0.5, 0.6) is 5.75 Å². The zero-order valence-corrected chi connectivity index (χ0v) is 18.6. The first-order chi connectivity index (χ1) is 15.0. The topological polar surface area (TPSA) is 95.9 Å². The summed E-state index contributed by atoms with van der Waals surface area (Å²) in [6.07, 6.45) is 9.66. The Morgan fingerprint density at radius 3 is 2.77 bits per heavy atom. The number of ketones is 1. The number of benzene rings is 1. The average Bonchev–Trinajstić information content (AvgIpc) is 2.74. The lowest BCUT2D eigenvalue weighted by Crippen LogP contribution is -2.36. The number of aromatic carboxylic acids is 1. The molecule has 6 nitrogen and oxygen atoms in total. The molecule has 1 aromatic rings. The second-order valence-corrected chi connectivity index (χ2v) is 9.33. The molecule has 0 spiro atoms. The molecule has 2 unspecified atom stereocenters. The summed E-state index contributed by atoms with van der Waals surface area (Å²) < 4.78 is 5.53. The van der Waals surface area contributed by atoms with Gasteiger partial charge in [-0.3, -0.25) is 4.79 Å². The Morgan fingerprint density at radius 1 is 1.19 bits per heavy atom. The molecular formula is C24H36BNO5. The lowest BCUT2D eigenvalue weighted by Gasteiger charge is -2.30. The van der Waals surface area contributed by atoms with Crippen molar-refractivity contribution >= 4 is 18.9 Å². The molecule has 31 heavy (non-hydrogen) atoms. The van der Waals surface area contributed by atoms with Crippen LogP contribution in [0.25, 0.3) is 0 Å². The Bertz CT molecular complexity index is 755. The van der Waals surface area contributed by atoms with Gasteiger partial charge in [0.2, 0.25) is 0 Å². The van der Waals surface area contributed by atoms with Crippen molar-refractivity contribution < 1.29 is 24.4 Å². The van der Waals surface area contributed by atoms with E-state index in [-0.39, 0.29) is 29.3 Å². The van der Waals surface area contributed by atoms with Gasteiger partial charge in [-0.15, -0.1) is 0 Å². The molecule has 0 amide bonds. The number of carboxylic acids is 1. The lowest BCUT2D eigenvalue weighted by atomic mass is 9.64. The SMILES string of the molecule is CCCCCNCC1CCCC(CC(=O)C[C@H]2Cc3cccc(C(=O)O)c3OB2O)C1. The van der Waals surface area contributed by atoms with Crippen LogP contribution >= 0.6 is 0 Å². The highest BCUT2D eigenvalue weighted by Gasteiger charge is 2.38. The number of hydrogen-bond donors (Lipinski definition) is 3. The maximum absolute atomic E-state index is 12.8. The predicted octanol–water partition coefficient (Wildman–Crippen LogP) is 4.11. The summed E-state index contributed by atoms with van der Waals surface area (Å²) in [6, 6.07) is 4.96. The molecule has 0 radical (unpaired) electrons. The smallest absolute Gasteiger partial charge is 0.526 e. The minimum absolute atomic E-state index is 0.0536. The third kappa shape index (κ3) is 6.81. The third-order valence-electron chi connectivity index (χ3n) is 6.74. The molecule has 1 saturated carbocycles. The van der Waals surface area contributed by atoms with E-state index in [0.29, 0.717) is 24.7 Å². The van der Waals surface area contributed by atoms with Crippen molar-refractivity contribution in [2.45, 2.75) is 76.9 Å². The molecule has 0 aromatic heterocycles. The number of carbonyl (C=O) groups excluding carboxylic acids is 1. The maximum Gasteiger partial charge on any atom is 0.526 e. The van der Waals surface area contributed by atoms with E-state index in [0.717, 1.165) is 31.5 Å². The first-order valence-electron chi connectivity index (χ1n) is 11.9. The van der Waals surface area contributed by atoms with Crippen LogP contribution in [0.1, 0.15) is 80.6 Å². The summed E-state index contributed by atoms with van der Waals surface area (Å²) in [5.74, 6) is 0.0723. The number of fused-ring (bicyclic) bond motifs is 1. The number of Topliss-reactive ketones (excluding diaryl/α,β-unsaturated/α-hetero) is 1. The summed E-state index contributed by atoms with van der Waals surface area (Å²) in [7, 11) is -1.15. The van der Waals surface area contributed by atoms with Crippen molar-refractivity contribution in [1.29, 1.82) is 0 Å². The van der Waals surface area contributed by atoms with E-state index >= 15 is 0 Å². The first kappa shape index (κ1) is 23.8. The van der Waals surface area contributed by atoms with E-state index in [9.17, 15) is 19.7 Å². The Hall–Kier alpha value is -1.86. The van der Waals surface area contributed by atoms with Crippen molar-refractivity contribution in [2.75, 3.05) is 13.1 Å². The second-order valence-electron chi connectivity index (χ2n) is 9.33. The summed E-state index contributed by atoms with van der Waals surface area (Å²) in [6.45, 7) is 4.35. The molecule has 0 saturated heterocycles. The van der Waals surface area contributed by atoms with Crippen LogP contribution < -0.4 is 9.97 Å². The fourth-order valence-corrected chi connectivity index (χ4v) is 5.10. The third-order valence-corrected chi connectivity index (χ3v) is 6.74. The molecule has 2 aliphatic rings. The highest BCUT2D eigenvalue weighted by Crippen LogP contribution is 2.37. The van der Waals surface area contributed by atoms with Gasteiger partial charge in [-0.05, 0) is 62.2 Å². The number of unbranched alkanes of at least 4 members (excludes halogenated alkanes) is 2. The van der Waals surface area contributed by atoms with Gasteiger partial charge in [0.25, 0.3) is 0 Å². The van der Waals surface area contributed by atoms with Gasteiger partial charge in [0.15, 0.2) is 0 Å².